The molecule has 0 fully saturated rings. The number of urea groups is 1. The molecule has 0 aliphatic heterocycles. The van der Waals surface area contributed by atoms with Crippen LogP contribution >= 0.6 is 0 Å². The number of benzene rings is 2. The van der Waals surface area contributed by atoms with Gasteiger partial charge in [0.2, 0.25) is 0 Å². The molecule has 0 bridgehead atoms. The van der Waals surface area contributed by atoms with E-state index < -0.39 is 0 Å². The minimum atomic E-state index is -0.285. The van der Waals surface area contributed by atoms with Gasteiger partial charge in [-0.05, 0) is 74.2 Å². The number of anilines is 1. The number of carbonyl (C=O) groups is 1. The van der Waals surface area contributed by atoms with E-state index >= 15 is 0 Å². The Morgan fingerprint density at radius 3 is 2.18 bits per heavy atom. The molecule has 22 heavy (non-hydrogen) atoms. The fraction of sp³-hybridized carbons (Fsp3) is 0.278. The van der Waals surface area contributed by atoms with Gasteiger partial charge in [0.1, 0.15) is 5.75 Å². The predicted octanol–water partition coefficient (Wildman–Crippen LogP) is 4.08. The topological polar surface area (TPSA) is 50.4 Å². The van der Waals surface area contributed by atoms with Gasteiger partial charge in [-0.15, -0.1) is 0 Å². The molecule has 2 aromatic rings. The lowest BCUT2D eigenvalue weighted by Gasteiger charge is -2.11. The average molecular weight is 298 g/mol. The van der Waals surface area contributed by atoms with Crippen LogP contribution in [0.2, 0.25) is 0 Å². The van der Waals surface area contributed by atoms with E-state index in [2.05, 4.69) is 10.6 Å². The highest BCUT2D eigenvalue weighted by Gasteiger charge is 2.03. The molecule has 2 rings (SSSR count). The first-order valence-electron chi connectivity index (χ1n) is 7.28. The molecule has 2 N–H and O–H groups in total. The number of carbonyl (C=O) groups excluding carboxylic acids is 1. The second-order valence-corrected chi connectivity index (χ2v) is 5.46. The molecule has 2 amide bonds. The Labute approximate surface area is 131 Å². The van der Waals surface area contributed by atoms with Crippen molar-refractivity contribution in [2.45, 2.75) is 27.7 Å². The van der Waals surface area contributed by atoms with E-state index in [0.717, 1.165) is 22.6 Å². The number of aryl methyl sites for hydroxylation is 4. The van der Waals surface area contributed by atoms with Gasteiger partial charge >= 0.3 is 6.03 Å². The molecule has 0 radical (unpaired) electrons. The third-order valence-electron chi connectivity index (χ3n) is 3.71. The maximum absolute atomic E-state index is 11.8. The Kier molecular flexibility index (Phi) is 5.04. The van der Waals surface area contributed by atoms with Crippen molar-refractivity contribution in [2.75, 3.05) is 12.0 Å². The van der Waals surface area contributed by atoms with E-state index in [1.165, 1.54) is 11.1 Å². The summed E-state index contributed by atoms with van der Waals surface area (Å²) in [6.07, 6.45) is 0. The molecule has 0 aromatic heterocycles. The predicted molar refractivity (Wildman–Crippen MR) is 89.5 cm³/mol. The van der Waals surface area contributed by atoms with Crippen LogP contribution in [0.15, 0.2) is 36.4 Å². The van der Waals surface area contributed by atoms with Crippen LogP contribution in [-0.2, 0) is 0 Å². The summed E-state index contributed by atoms with van der Waals surface area (Å²) in [5.74, 6) is 0.745. The van der Waals surface area contributed by atoms with E-state index in [4.69, 9.17) is 4.74 Å². The van der Waals surface area contributed by atoms with Crippen molar-refractivity contribution in [1.82, 2.24) is 5.32 Å². The Hall–Kier alpha value is -2.49. The number of nitrogens with one attached hydrogen (secondary N) is 2. The van der Waals surface area contributed by atoms with Crippen LogP contribution < -0.4 is 15.4 Å². The van der Waals surface area contributed by atoms with Crippen molar-refractivity contribution in [2.24, 2.45) is 0 Å². The quantitative estimate of drug-likeness (QED) is 0.836. The molecule has 0 aliphatic rings. The van der Waals surface area contributed by atoms with E-state index in [0.29, 0.717) is 0 Å². The van der Waals surface area contributed by atoms with Gasteiger partial charge in [0.25, 0.3) is 0 Å². The number of rotatable bonds is 4. The van der Waals surface area contributed by atoms with Crippen LogP contribution in [0.1, 0.15) is 22.3 Å². The molecular formula is C18H22N2O2. The lowest BCUT2D eigenvalue weighted by molar-refractivity contribution is 0.234. The summed E-state index contributed by atoms with van der Waals surface area (Å²) >= 11 is 0. The first-order chi connectivity index (χ1) is 10.5. The number of hydrogen-bond donors (Lipinski definition) is 2. The highest BCUT2D eigenvalue weighted by atomic mass is 16.5. The van der Waals surface area contributed by atoms with Crippen molar-refractivity contribution in [3.63, 3.8) is 0 Å². The minimum Gasteiger partial charge on any atom is -0.473 e. The molecule has 0 unspecified atom stereocenters. The largest absolute Gasteiger partial charge is 0.473 e. The molecule has 4 nitrogen and oxygen atoms in total. The SMILES string of the molecule is Cc1ccc(NC(=O)NCOc2ccc(C)c(C)c2)cc1C. The van der Waals surface area contributed by atoms with Crippen LogP contribution in [0.3, 0.4) is 0 Å². The lowest BCUT2D eigenvalue weighted by Crippen LogP contribution is -2.32. The van der Waals surface area contributed by atoms with Crippen molar-refractivity contribution >= 4 is 11.7 Å². The summed E-state index contributed by atoms with van der Waals surface area (Å²) in [6.45, 7) is 8.26. The number of amides is 2. The zero-order valence-electron chi connectivity index (χ0n) is 13.5. The molecular weight excluding hydrogens is 276 g/mol. The minimum absolute atomic E-state index is 0.124. The molecule has 0 saturated carbocycles. The van der Waals surface area contributed by atoms with Crippen LogP contribution in [0.25, 0.3) is 0 Å². The van der Waals surface area contributed by atoms with Gasteiger partial charge in [-0.25, -0.2) is 4.79 Å². The van der Waals surface area contributed by atoms with Gasteiger partial charge in [0.15, 0.2) is 6.73 Å². The van der Waals surface area contributed by atoms with E-state index in [1.807, 2.05) is 64.1 Å². The van der Waals surface area contributed by atoms with Gasteiger partial charge in [0, 0.05) is 5.69 Å². The standard InChI is InChI=1S/C18H22N2O2/c1-12-5-7-16(9-14(12)3)20-18(21)19-11-22-17-8-6-13(2)15(4)10-17/h5-10H,11H2,1-4H3,(H2,19,20,21). The molecule has 0 spiro atoms. The summed E-state index contributed by atoms with van der Waals surface area (Å²) in [6, 6.07) is 11.4. The van der Waals surface area contributed by atoms with E-state index in [9.17, 15) is 4.79 Å². The van der Waals surface area contributed by atoms with Crippen LogP contribution in [0.4, 0.5) is 10.5 Å². The number of hydrogen-bond acceptors (Lipinski definition) is 2. The monoisotopic (exact) mass is 298 g/mol. The Bertz CT molecular complexity index is 681. The molecule has 4 heteroatoms. The van der Waals surface area contributed by atoms with E-state index in [1.54, 1.807) is 0 Å². The molecule has 0 atom stereocenters. The lowest BCUT2D eigenvalue weighted by atomic mass is 10.1. The van der Waals surface area contributed by atoms with Gasteiger partial charge in [-0.2, -0.15) is 0 Å². The summed E-state index contributed by atoms with van der Waals surface area (Å²) in [4.78, 5) is 11.8. The molecule has 0 saturated heterocycles. The summed E-state index contributed by atoms with van der Waals surface area (Å²) in [5.41, 5.74) is 5.49. The Balaban J connectivity index is 1.82. The summed E-state index contributed by atoms with van der Waals surface area (Å²) in [7, 11) is 0. The van der Waals surface area contributed by atoms with Crippen LogP contribution in [-0.4, -0.2) is 12.8 Å². The fourth-order valence-electron chi connectivity index (χ4n) is 1.98. The van der Waals surface area contributed by atoms with E-state index in [-0.39, 0.29) is 12.8 Å². The Morgan fingerprint density at radius 2 is 1.55 bits per heavy atom. The van der Waals surface area contributed by atoms with Gasteiger partial charge in [-0.1, -0.05) is 12.1 Å². The average Bonchev–Trinajstić information content (AvgIpc) is 2.47. The highest BCUT2D eigenvalue weighted by molar-refractivity contribution is 5.89. The second-order valence-electron chi connectivity index (χ2n) is 5.46. The van der Waals surface area contributed by atoms with Crippen molar-refractivity contribution in [1.29, 1.82) is 0 Å². The van der Waals surface area contributed by atoms with Gasteiger partial charge < -0.3 is 15.4 Å². The smallest absolute Gasteiger partial charge is 0.321 e. The van der Waals surface area contributed by atoms with Gasteiger partial charge in [0.05, 0.1) is 0 Å². The summed E-state index contributed by atoms with van der Waals surface area (Å²) < 4.78 is 5.52. The zero-order chi connectivity index (χ0) is 16.1. The first-order valence-corrected chi connectivity index (χ1v) is 7.28. The van der Waals surface area contributed by atoms with Crippen LogP contribution in [0.5, 0.6) is 5.75 Å². The maximum Gasteiger partial charge on any atom is 0.321 e. The van der Waals surface area contributed by atoms with Crippen molar-refractivity contribution in [3.8, 4) is 5.75 Å². The third-order valence-corrected chi connectivity index (χ3v) is 3.71. The van der Waals surface area contributed by atoms with Gasteiger partial charge in [-0.3, -0.25) is 0 Å². The highest BCUT2D eigenvalue weighted by Crippen LogP contribution is 2.16. The third kappa shape index (κ3) is 4.25. The number of ether oxygens (including phenoxy) is 1. The van der Waals surface area contributed by atoms with Crippen molar-refractivity contribution in [3.05, 3.63) is 58.7 Å². The normalized spacial score (nSPS) is 10.2. The maximum atomic E-state index is 11.8. The molecule has 0 heterocycles. The Morgan fingerprint density at radius 1 is 0.909 bits per heavy atom. The molecule has 2 aromatic carbocycles. The fourth-order valence-corrected chi connectivity index (χ4v) is 1.98. The first kappa shape index (κ1) is 15.9. The van der Waals surface area contributed by atoms with Crippen LogP contribution in [0, 0.1) is 27.7 Å². The zero-order valence-corrected chi connectivity index (χ0v) is 13.5. The molecule has 116 valence electrons. The van der Waals surface area contributed by atoms with Crippen molar-refractivity contribution < 1.29 is 9.53 Å². The summed E-state index contributed by atoms with van der Waals surface area (Å²) in [5, 5.41) is 5.46. The molecule has 0 aliphatic carbocycles. The second kappa shape index (κ2) is 6.98.